The molecule has 2 rings (SSSR count). The molecular formula is C19H19ClN4O5. The number of aryl methyl sites for hydroxylation is 2. The van der Waals surface area contributed by atoms with Crippen LogP contribution in [0, 0.1) is 24.0 Å². The monoisotopic (exact) mass is 418 g/mol. The van der Waals surface area contributed by atoms with E-state index in [-0.39, 0.29) is 29.3 Å². The van der Waals surface area contributed by atoms with Gasteiger partial charge in [-0.3, -0.25) is 35.3 Å². The number of nitrogens with zero attached hydrogens (tertiary/aromatic N) is 1. The Kier molecular flexibility index (Phi) is 7.27. The second kappa shape index (κ2) is 9.65. The SMILES string of the molecule is Cc1ccc(NC(=O)CCC(=O)NNC(=O)c2ccc(Cl)c([N+](=O)[O-])c2)cc1C. The average Bonchev–Trinajstić information content (AvgIpc) is 2.67. The van der Waals surface area contributed by atoms with Crippen LogP contribution in [0.1, 0.15) is 34.3 Å². The van der Waals surface area contributed by atoms with Gasteiger partial charge in [0.1, 0.15) is 5.02 Å². The topological polar surface area (TPSA) is 130 Å². The number of benzene rings is 2. The summed E-state index contributed by atoms with van der Waals surface area (Å²) < 4.78 is 0. The Bertz CT molecular complexity index is 977. The molecule has 0 aliphatic carbocycles. The van der Waals surface area contributed by atoms with Crippen LogP contribution >= 0.6 is 11.6 Å². The third-order valence-corrected chi connectivity index (χ3v) is 4.41. The molecule has 0 aliphatic heterocycles. The van der Waals surface area contributed by atoms with Crippen molar-refractivity contribution in [2.75, 3.05) is 5.32 Å². The molecule has 0 saturated carbocycles. The first-order valence-corrected chi connectivity index (χ1v) is 8.95. The van der Waals surface area contributed by atoms with Crippen molar-refractivity contribution in [3.05, 3.63) is 68.2 Å². The van der Waals surface area contributed by atoms with Crippen LogP contribution in [0.15, 0.2) is 36.4 Å². The molecule has 0 bridgehead atoms. The van der Waals surface area contributed by atoms with Gasteiger partial charge in [-0.25, -0.2) is 0 Å². The molecule has 0 unspecified atom stereocenters. The van der Waals surface area contributed by atoms with Crippen LogP contribution in [0.3, 0.4) is 0 Å². The number of carbonyl (C=O) groups excluding carboxylic acids is 3. The summed E-state index contributed by atoms with van der Waals surface area (Å²) in [7, 11) is 0. The highest BCUT2D eigenvalue weighted by Gasteiger charge is 2.17. The van der Waals surface area contributed by atoms with E-state index < -0.39 is 22.4 Å². The number of halogens is 1. The van der Waals surface area contributed by atoms with Crippen molar-refractivity contribution in [1.82, 2.24) is 10.9 Å². The van der Waals surface area contributed by atoms with Crippen LogP contribution < -0.4 is 16.2 Å². The van der Waals surface area contributed by atoms with E-state index in [9.17, 15) is 24.5 Å². The molecule has 3 N–H and O–H groups in total. The van der Waals surface area contributed by atoms with E-state index in [4.69, 9.17) is 11.6 Å². The van der Waals surface area contributed by atoms with E-state index in [1.54, 1.807) is 6.07 Å². The molecule has 10 heteroatoms. The van der Waals surface area contributed by atoms with Gasteiger partial charge < -0.3 is 5.32 Å². The van der Waals surface area contributed by atoms with E-state index in [2.05, 4.69) is 16.2 Å². The molecule has 2 aromatic carbocycles. The number of amides is 3. The molecule has 0 radical (unpaired) electrons. The van der Waals surface area contributed by atoms with Crippen molar-refractivity contribution in [2.24, 2.45) is 0 Å². The Balaban J connectivity index is 1.81. The summed E-state index contributed by atoms with van der Waals surface area (Å²) in [5.74, 6) is -1.68. The maximum absolute atomic E-state index is 12.0. The van der Waals surface area contributed by atoms with Crippen LogP contribution in [0.25, 0.3) is 0 Å². The highest BCUT2D eigenvalue weighted by Crippen LogP contribution is 2.24. The number of rotatable bonds is 6. The minimum atomic E-state index is -0.752. The fourth-order valence-corrected chi connectivity index (χ4v) is 2.51. The van der Waals surface area contributed by atoms with E-state index in [1.807, 2.05) is 26.0 Å². The van der Waals surface area contributed by atoms with E-state index in [1.165, 1.54) is 12.1 Å². The molecular weight excluding hydrogens is 400 g/mol. The lowest BCUT2D eigenvalue weighted by Crippen LogP contribution is -2.41. The van der Waals surface area contributed by atoms with Gasteiger partial charge in [0, 0.05) is 30.2 Å². The predicted molar refractivity (Wildman–Crippen MR) is 107 cm³/mol. The predicted octanol–water partition coefficient (Wildman–Crippen LogP) is 3.04. The number of anilines is 1. The van der Waals surface area contributed by atoms with Gasteiger partial charge in [-0.1, -0.05) is 17.7 Å². The van der Waals surface area contributed by atoms with Gasteiger partial charge in [-0.15, -0.1) is 0 Å². The van der Waals surface area contributed by atoms with Crippen molar-refractivity contribution in [3.8, 4) is 0 Å². The summed E-state index contributed by atoms with van der Waals surface area (Å²) in [5, 5.41) is 13.4. The van der Waals surface area contributed by atoms with Gasteiger partial charge >= 0.3 is 0 Å². The van der Waals surface area contributed by atoms with Crippen molar-refractivity contribution in [2.45, 2.75) is 26.7 Å². The Morgan fingerprint density at radius 3 is 2.31 bits per heavy atom. The quantitative estimate of drug-likeness (QED) is 0.490. The van der Waals surface area contributed by atoms with E-state index >= 15 is 0 Å². The first-order chi connectivity index (χ1) is 13.7. The largest absolute Gasteiger partial charge is 0.326 e. The number of nitrogens with one attached hydrogen (secondary N) is 3. The van der Waals surface area contributed by atoms with Crippen LogP contribution in [-0.4, -0.2) is 22.6 Å². The minimum absolute atomic E-state index is 0.0473. The fourth-order valence-electron chi connectivity index (χ4n) is 2.32. The standard InChI is InChI=1S/C19H19ClN4O5/c1-11-3-5-14(9-12(11)2)21-17(25)7-8-18(26)22-23-19(27)13-4-6-15(20)16(10-13)24(28)29/h3-6,9-10H,7-8H2,1-2H3,(H,21,25)(H,22,26)(H,23,27). The van der Waals surface area contributed by atoms with Gasteiger partial charge in [0.25, 0.3) is 11.6 Å². The summed E-state index contributed by atoms with van der Waals surface area (Å²) in [6.45, 7) is 3.89. The molecule has 0 heterocycles. The zero-order chi connectivity index (χ0) is 21.6. The Labute approximate surface area is 171 Å². The third kappa shape index (κ3) is 6.28. The van der Waals surface area contributed by atoms with Crippen molar-refractivity contribution < 1.29 is 19.3 Å². The second-order valence-corrected chi connectivity index (χ2v) is 6.68. The van der Waals surface area contributed by atoms with Gasteiger partial charge in [0.2, 0.25) is 11.8 Å². The number of nitro benzene ring substituents is 1. The highest BCUT2D eigenvalue weighted by atomic mass is 35.5. The molecule has 152 valence electrons. The Hall–Kier alpha value is -3.46. The van der Waals surface area contributed by atoms with Gasteiger partial charge in [0.05, 0.1) is 4.92 Å². The zero-order valence-corrected chi connectivity index (χ0v) is 16.5. The minimum Gasteiger partial charge on any atom is -0.326 e. The molecule has 0 fully saturated rings. The second-order valence-electron chi connectivity index (χ2n) is 6.27. The van der Waals surface area contributed by atoms with Crippen LogP contribution in [0.2, 0.25) is 5.02 Å². The van der Waals surface area contributed by atoms with Gasteiger partial charge in [-0.2, -0.15) is 0 Å². The number of nitro groups is 1. The Morgan fingerprint density at radius 2 is 1.66 bits per heavy atom. The van der Waals surface area contributed by atoms with Crippen LogP contribution in [0.4, 0.5) is 11.4 Å². The molecule has 0 saturated heterocycles. The number of carbonyl (C=O) groups is 3. The maximum atomic E-state index is 12.0. The third-order valence-electron chi connectivity index (χ3n) is 4.09. The first kappa shape index (κ1) is 21.8. The molecule has 3 amide bonds. The van der Waals surface area contributed by atoms with Gasteiger partial charge in [0.15, 0.2) is 0 Å². The van der Waals surface area contributed by atoms with Crippen molar-refractivity contribution in [1.29, 1.82) is 0 Å². The summed E-state index contributed by atoms with van der Waals surface area (Å²) in [6.07, 6.45) is -0.237. The highest BCUT2D eigenvalue weighted by molar-refractivity contribution is 6.32. The van der Waals surface area contributed by atoms with Gasteiger partial charge in [-0.05, 0) is 49.2 Å². The fraction of sp³-hybridized carbons (Fsp3) is 0.211. The van der Waals surface area contributed by atoms with Crippen LogP contribution in [-0.2, 0) is 9.59 Å². The average molecular weight is 419 g/mol. The maximum Gasteiger partial charge on any atom is 0.288 e. The molecule has 2 aromatic rings. The summed E-state index contributed by atoms with van der Waals surface area (Å²) in [6, 6.07) is 8.99. The number of hydrogen-bond donors (Lipinski definition) is 3. The lowest BCUT2D eigenvalue weighted by molar-refractivity contribution is -0.384. The van der Waals surface area contributed by atoms with Crippen LogP contribution in [0.5, 0.6) is 0 Å². The smallest absolute Gasteiger partial charge is 0.288 e. The zero-order valence-electron chi connectivity index (χ0n) is 15.7. The molecule has 0 aliphatic rings. The molecule has 9 nitrogen and oxygen atoms in total. The number of hydrogen-bond acceptors (Lipinski definition) is 5. The lowest BCUT2D eigenvalue weighted by Gasteiger charge is -2.09. The Morgan fingerprint density at radius 1 is 0.966 bits per heavy atom. The van der Waals surface area contributed by atoms with E-state index in [0.29, 0.717) is 5.69 Å². The van der Waals surface area contributed by atoms with E-state index in [0.717, 1.165) is 17.2 Å². The number of hydrazine groups is 1. The summed E-state index contributed by atoms with van der Waals surface area (Å²) >= 11 is 5.69. The normalized spacial score (nSPS) is 10.2. The summed E-state index contributed by atoms with van der Waals surface area (Å²) in [4.78, 5) is 45.9. The molecule has 0 atom stereocenters. The summed E-state index contributed by atoms with van der Waals surface area (Å²) in [5.41, 5.74) is 6.59. The van der Waals surface area contributed by atoms with Crippen molar-refractivity contribution >= 4 is 40.7 Å². The molecule has 29 heavy (non-hydrogen) atoms. The first-order valence-electron chi connectivity index (χ1n) is 8.57. The lowest BCUT2D eigenvalue weighted by atomic mass is 10.1. The van der Waals surface area contributed by atoms with Crippen molar-refractivity contribution in [3.63, 3.8) is 0 Å². The molecule has 0 aromatic heterocycles. The molecule has 0 spiro atoms.